The highest BCUT2D eigenvalue weighted by molar-refractivity contribution is 7.47. The van der Waals surface area contributed by atoms with E-state index in [4.69, 9.17) is 24.8 Å². The zero-order valence-electron chi connectivity index (χ0n) is 34.8. The summed E-state index contributed by atoms with van der Waals surface area (Å²) in [6.45, 7) is 2.37. The van der Waals surface area contributed by atoms with Crippen molar-refractivity contribution in [3.63, 3.8) is 0 Å². The van der Waals surface area contributed by atoms with Gasteiger partial charge in [0, 0.05) is 12.8 Å². The molecule has 0 aliphatic heterocycles. The van der Waals surface area contributed by atoms with Crippen LogP contribution in [0.4, 0.5) is 0 Å². The van der Waals surface area contributed by atoms with E-state index >= 15 is 0 Å². The van der Waals surface area contributed by atoms with Gasteiger partial charge in [-0.3, -0.25) is 23.4 Å². The van der Waals surface area contributed by atoms with Gasteiger partial charge in [0.25, 0.3) is 0 Å². The van der Waals surface area contributed by atoms with Crippen LogP contribution >= 0.6 is 7.82 Å². The molecular weight excluding hydrogens is 765 g/mol. The van der Waals surface area contributed by atoms with Gasteiger partial charge in [-0.25, -0.2) is 4.57 Å². The standard InChI is InChI=1S/C44H72NO12P/c1-3-5-7-8-9-10-11-12-13-14-15-16-20-23-27-33-42(48)54-35-40(36-55-58(52,53)56-37-41(45)44(50)51)57-43(49)34-28-32-39(47)31-26-22-19-17-18-21-25-30-38(46)29-24-6-4-2/h9-10,12-13,15-16,18-19,21-22,25-26,30-31,38-41,46-47H,3-8,11,14,17,20,23-24,27-29,32-37,45H2,1-2H3,(H,50,51)(H,52,53)/b10-9-,13-12-,16-15-,21-18-,22-19-,30-25+,31-26+/t38-,39-,40-,41+/m1/s1. The minimum Gasteiger partial charge on any atom is -0.480 e. The first-order chi connectivity index (χ1) is 27.9. The van der Waals surface area contributed by atoms with Crippen LogP contribution in [-0.2, 0) is 37.5 Å². The summed E-state index contributed by atoms with van der Waals surface area (Å²) in [6, 6.07) is -1.57. The minimum absolute atomic E-state index is 0.100. The maximum atomic E-state index is 12.6. The molecule has 1 unspecified atom stereocenters. The van der Waals surface area contributed by atoms with Crippen LogP contribution in [0.25, 0.3) is 0 Å². The second-order valence-electron chi connectivity index (χ2n) is 13.8. The van der Waals surface area contributed by atoms with Crippen molar-refractivity contribution in [2.24, 2.45) is 5.73 Å². The monoisotopic (exact) mass is 837 g/mol. The predicted molar refractivity (Wildman–Crippen MR) is 229 cm³/mol. The number of aliphatic hydroxyl groups is 2. The first kappa shape index (κ1) is 54.6. The van der Waals surface area contributed by atoms with Gasteiger partial charge in [-0.2, -0.15) is 0 Å². The molecule has 0 radical (unpaired) electrons. The summed E-state index contributed by atoms with van der Waals surface area (Å²) >= 11 is 0. The number of aliphatic carboxylic acids is 1. The summed E-state index contributed by atoms with van der Waals surface area (Å²) < 4.78 is 32.4. The molecule has 330 valence electrons. The number of hydrogen-bond acceptors (Lipinski definition) is 11. The van der Waals surface area contributed by atoms with Gasteiger partial charge in [0.15, 0.2) is 6.10 Å². The molecule has 0 fully saturated rings. The second kappa shape index (κ2) is 37.8. The number of hydrogen-bond donors (Lipinski definition) is 5. The molecule has 0 aromatic heterocycles. The average Bonchev–Trinajstić information content (AvgIpc) is 3.18. The number of esters is 2. The highest BCUT2D eigenvalue weighted by Gasteiger charge is 2.28. The Bertz CT molecular complexity index is 1340. The van der Waals surface area contributed by atoms with Gasteiger partial charge in [-0.1, -0.05) is 131 Å². The normalized spacial score (nSPS) is 15.7. The Labute approximate surface area is 347 Å². The van der Waals surface area contributed by atoms with Crippen molar-refractivity contribution in [3.8, 4) is 0 Å². The molecule has 0 spiro atoms. The Morgan fingerprint density at radius 1 is 0.621 bits per heavy atom. The Kier molecular flexibility index (Phi) is 35.6. The fourth-order valence-corrected chi connectivity index (χ4v) is 5.71. The molecule has 0 aliphatic rings. The van der Waals surface area contributed by atoms with E-state index in [1.54, 1.807) is 24.3 Å². The molecule has 0 saturated carbocycles. The van der Waals surface area contributed by atoms with E-state index in [0.29, 0.717) is 12.8 Å². The van der Waals surface area contributed by atoms with Crippen LogP contribution in [0.5, 0.6) is 0 Å². The van der Waals surface area contributed by atoms with E-state index < -0.39 is 69.9 Å². The number of carboxylic acids is 1. The van der Waals surface area contributed by atoms with Gasteiger partial charge < -0.3 is 35.4 Å². The zero-order valence-corrected chi connectivity index (χ0v) is 35.7. The Hall–Kier alpha value is -3.42. The maximum Gasteiger partial charge on any atom is 0.472 e. The second-order valence-corrected chi connectivity index (χ2v) is 15.3. The molecule has 5 atom stereocenters. The molecule has 0 aliphatic carbocycles. The van der Waals surface area contributed by atoms with Crippen LogP contribution in [0.3, 0.4) is 0 Å². The number of nitrogens with two attached hydrogens (primary N) is 1. The number of ether oxygens (including phenoxy) is 2. The highest BCUT2D eigenvalue weighted by Crippen LogP contribution is 2.43. The van der Waals surface area contributed by atoms with Crippen LogP contribution in [0.2, 0.25) is 0 Å². The number of carboxylic acid groups (broad SMARTS) is 1. The minimum atomic E-state index is -4.79. The molecule has 0 aromatic carbocycles. The molecule has 0 heterocycles. The van der Waals surface area contributed by atoms with Crippen LogP contribution in [0.15, 0.2) is 85.1 Å². The molecule has 58 heavy (non-hydrogen) atoms. The molecule has 14 heteroatoms. The number of rotatable bonds is 37. The van der Waals surface area contributed by atoms with Gasteiger partial charge in [0.05, 0.1) is 25.4 Å². The lowest BCUT2D eigenvalue weighted by Crippen LogP contribution is -2.34. The van der Waals surface area contributed by atoms with Crippen molar-refractivity contribution < 1.29 is 57.7 Å². The molecule has 0 rings (SSSR count). The highest BCUT2D eigenvalue weighted by atomic mass is 31.2. The number of carbonyl (C=O) groups excluding carboxylic acids is 2. The van der Waals surface area contributed by atoms with Crippen molar-refractivity contribution in [2.75, 3.05) is 19.8 Å². The topological polar surface area (TPSA) is 212 Å². The fraction of sp³-hybridized carbons (Fsp3) is 0.614. The Morgan fingerprint density at radius 3 is 1.71 bits per heavy atom. The van der Waals surface area contributed by atoms with Crippen molar-refractivity contribution >= 4 is 25.7 Å². The molecule has 0 amide bonds. The number of aliphatic hydroxyl groups excluding tert-OH is 2. The zero-order chi connectivity index (χ0) is 43.1. The summed E-state index contributed by atoms with van der Waals surface area (Å²) in [5, 5.41) is 29.0. The van der Waals surface area contributed by atoms with Gasteiger partial charge >= 0.3 is 25.7 Å². The van der Waals surface area contributed by atoms with Crippen LogP contribution < -0.4 is 5.73 Å². The molecule has 0 aromatic rings. The first-order valence-electron chi connectivity index (χ1n) is 20.8. The summed E-state index contributed by atoms with van der Waals surface area (Å²) in [5.41, 5.74) is 5.31. The molecule has 0 saturated heterocycles. The van der Waals surface area contributed by atoms with Crippen LogP contribution in [0, 0.1) is 0 Å². The summed E-state index contributed by atoms with van der Waals surface area (Å²) in [7, 11) is -4.79. The molecule has 13 nitrogen and oxygen atoms in total. The van der Waals surface area contributed by atoms with Crippen molar-refractivity contribution in [1.82, 2.24) is 0 Å². The third kappa shape index (κ3) is 36.9. The van der Waals surface area contributed by atoms with Gasteiger partial charge in [-0.15, -0.1) is 0 Å². The average molecular weight is 838 g/mol. The van der Waals surface area contributed by atoms with E-state index in [9.17, 15) is 34.1 Å². The van der Waals surface area contributed by atoms with Gasteiger partial charge in [-0.05, 0) is 70.6 Å². The lowest BCUT2D eigenvalue weighted by molar-refractivity contribution is -0.161. The van der Waals surface area contributed by atoms with E-state index in [2.05, 4.69) is 54.8 Å². The lowest BCUT2D eigenvalue weighted by Gasteiger charge is -2.20. The number of allylic oxidation sites excluding steroid dienone is 12. The number of carbonyl (C=O) groups is 3. The summed E-state index contributed by atoms with van der Waals surface area (Å²) in [4.78, 5) is 45.9. The Balaban J connectivity index is 4.73. The third-order valence-electron chi connectivity index (χ3n) is 8.32. The van der Waals surface area contributed by atoms with Crippen LogP contribution in [-0.4, -0.2) is 82.3 Å². The van der Waals surface area contributed by atoms with E-state index in [1.165, 1.54) is 19.3 Å². The quantitative estimate of drug-likeness (QED) is 0.0130. The molecule has 0 bridgehead atoms. The largest absolute Gasteiger partial charge is 0.480 e. The van der Waals surface area contributed by atoms with E-state index in [0.717, 1.165) is 57.8 Å². The van der Waals surface area contributed by atoms with E-state index in [-0.39, 0.29) is 25.7 Å². The number of phosphoric acid groups is 1. The molecule has 6 N–H and O–H groups in total. The first-order valence-corrected chi connectivity index (χ1v) is 22.3. The van der Waals surface area contributed by atoms with E-state index in [1.807, 2.05) is 24.3 Å². The van der Waals surface area contributed by atoms with Crippen LogP contribution in [0.1, 0.15) is 129 Å². The fourth-order valence-electron chi connectivity index (χ4n) is 4.93. The van der Waals surface area contributed by atoms with Crippen molar-refractivity contribution in [2.45, 2.75) is 154 Å². The van der Waals surface area contributed by atoms with Crippen molar-refractivity contribution in [1.29, 1.82) is 0 Å². The van der Waals surface area contributed by atoms with Gasteiger partial charge in [0.1, 0.15) is 12.6 Å². The smallest absolute Gasteiger partial charge is 0.472 e. The predicted octanol–water partition coefficient (Wildman–Crippen LogP) is 8.66. The lowest BCUT2D eigenvalue weighted by atomic mass is 10.1. The summed E-state index contributed by atoms with van der Waals surface area (Å²) in [5.74, 6) is -2.70. The van der Waals surface area contributed by atoms with Crippen molar-refractivity contribution in [3.05, 3.63) is 85.1 Å². The number of unbranched alkanes of at least 4 members (excludes halogenated alkanes) is 7. The van der Waals surface area contributed by atoms with Gasteiger partial charge in [0.2, 0.25) is 0 Å². The Morgan fingerprint density at radius 2 is 1.12 bits per heavy atom. The molecular formula is C44H72NO12P. The summed E-state index contributed by atoms with van der Waals surface area (Å²) in [6.07, 6.45) is 38.7. The number of phosphoric ester groups is 1. The maximum absolute atomic E-state index is 12.6. The third-order valence-corrected chi connectivity index (χ3v) is 9.27. The SMILES string of the molecule is CCCCC/C=C\C/C=C\C/C=C\CCCCC(=O)OC[C@H](COP(=O)(O)OC[C@H](N)C(=O)O)OC(=O)CCC[C@H](O)/C=C/C=C\C/C=C\C=C\[C@H](O)CCCCC.